The lowest BCUT2D eigenvalue weighted by molar-refractivity contribution is -0.164. The Hall–Kier alpha value is -3.64. The Bertz CT molecular complexity index is 1530. The number of carbonyl (C=O) groups is 1. The molecular weight excluding hydrogens is 586 g/mol. The average Bonchev–Trinajstić information content (AvgIpc) is 3.02. The number of aromatic nitrogens is 1. The van der Waals surface area contributed by atoms with Crippen molar-refractivity contribution in [3.63, 3.8) is 0 Å². The number of halogens is 1. The van der Waals surface area contributed by atoms with E-state index in [1.54, 1.807) is 24.4 Å². The van der Waals surface area contributed by atoms with Gasteiger partial charge in [0.1, 0.15) is 23.7 Å². The molecule has 45 heavy (non-hydrogen) atoms. The molecule has 2 saturated carbocycles. The number of benzene rings is 2. The molecule has 0 unspecified atom stereocenters. The molecule has 0 spiro atoms. The van der Waals surface area contributed by atoms with Gasteiger partial charge >= 0.3 is 0 Å². The number of rotatable bonds is 9. The van der Waals surface area contributed by atoms with Crippen LogP contribution in [0.4, 0.5) is 5.82 Å². The van der Waals surface area contributed by atoms with Gasteiger partial charge in [0.15, 0.2) is 0 Å². The first kappa shape index (κ1) is 31.3. The fraction of sp³-hybridized carbons (Fsp3) is 0.472. The number of hydrogen-bond acceptors (Lipinski definition) is 7. The molecule has 1 aliphatic heterocycles. The zero-order chi connectivity index (χ0) is 31.8. The van der Waals surface area contributed by atoms with Crippen LogP contribution in [0.25, 0.3) is 0 Å². The summed E-state index contributed by atoms with van der Waals surface area (Å²) in [5, 5.41) is 12.8. The lowest BCUT2D eigenvalue weighted by Gasteiger charge is -2.63. The molecule has 3 aliphatic rings. The third kappa shape index (κ3) is 6.40. The molecule has 236 valence electrons. The molecule has 1 saturated heterocycles. The smallest absolute Gasteiger partial charge is 0.253 e. The lowest BCUT2D eigenvalue weighted by Crippen LogP contribution is -2.74. The summed E-state index contributed by atoms with van der Waals surface area (Å²) in [5.41, 5.74) is 1.52. The topological polar surface area (TPSA) is 90.7 Å². The van der Waals surface area contributed by atoms with E-state index in [4.69, 9.17) is 26.3 Å². The average molecular weight is 628 g/mol. The minimum absolute atomic E-state index is 0.112. The highest BCUT2D eigenvalue weighted by Gasteiger charge is 2.64. The van der Waals surface area contributed by atoms with Gasteiger partial charge in [0, 0.05) is 61.4 Å². The molecule has 0 bridgehead atoms. The van der Waals surface area contributed by atoms with Crippen LogP contribution in [0.3, 0.4) is 0 Å². The quantitative estimate of drug-likeness (QED) is 0.307. The highest BCUT2D eigenvalue weighted by Crippen LogP contribution is 2.55. The minimum atomic E-state index is -0.332. The number of nitrogens with one attached hydrogen (secondary N) is 1. The van der Waals surface area contributed by atoms with Crippen LogP contribution in [0.15, 0.2) is 66.9 Å². The molecule has 6 rings (SSSR count). The Morgan fingerprint density at radius 2 is 1.73 bits per heavy atom. The van der Waals surface area contributed by atoms with Crippen molar-refractivity contribution in [2.24, 2.45) is 10.8 Å². The highest BCUT2D eigenvalue weighted by molar-refractivity contribution is 6.31. The van der Waals surface area contributed by atoms with Gasteiger partial charge in [-0.2, -0.15) is 5.26 Å². The van der Waals surface area contributed by atoms with Crippen LogP contribution in [0.5, 0.6) is 5.75 Å². The van der Waals surface area contributed by atoms with Crippen molar-refractivity contribution < 1.29 is 14.3 Å². The molecule has 2 heterocycles. The van der Waals surface area contributed by atoms with Crippen molar-refractivity contribution in [1.82, 2.24) is 15.2 Å². The zero-order valence-corrected chi connectivity index (χ0v) is 27.3. The number of anilines is 1. The molecule has 0 radical (unpaired) electrons. The summed E-state index contributed by atoms with van der Waals surface area (Å²) in [5.74, 6) is 1.38. The summed E-state index contributed by atoms with van der Waals surface area (Å²) in [6.45, 7) is 12.9. The summed E-state index contributed by atoms with van der Waals surface area (Å²) in [6.07, 6.45) is 4.07. The monoisotopic (exact) mass is 627 g/mol. The van der Waals surface area contributed by atoms with E-state index in [0.29, 0.717) is 40.7 Å². The molecule has 1 N–H and O–H groups in total. The first-order valence-corrected chi connectivity index (χ1v) is 16.2. The third-order valence-electron chi connectivity index (χ3n) is 9.99. The van der Waals surface area contributed by atoms with Gasteiger partial charge in [-0.3, -0.25) is 9.69 Å². The molecule has 1 amide bonds. The van der Waals surface area contributed by atoms with Crippen LogP contribution in [-0.4, -0.2) is 66.3 Å². The first-order chi connectivity index (χ1) is 21.6. The second-order valence-electron chi connectivity index (χ2n) is 13.8. The van der Waals surface area contributed by atoms with E-state index in [-0.39, 0.29) is 28.9 Å². The van der Waals surface area contributed by atoms with Gasteiger partial charge in [-0.15, -0.1) is 0 Å². The van der Waals surface area contributed by atoms with E-state index >= 15 is 0 Å². The molecule has 0 atom stereocenters. The van der Waals surface area contributed by atoms with Crippen LogP contribution >= 0.6 is 11.6 Å². The van der Waals surface area contributed by atoms with Crippen LogP contribution in [0, 0.1) is 22.2 Å². The van der Waals surface area contributed by atoms with Crippen molar-refractivity contribution in [1.29, 1.82) is 5.26 Å². The zero-order valence-electron chi connectivity index (χ0n) is 26.5. The number of amides is 1. The maximum Gasteiger partial charge on any atom is 0.253 e. The van der Waals surface area contributed by atoms with Crippen LogP contribution < -0.4 is 15.0 Å². The number of ether oxygens (including phenoxy) is 2. The van der Waals surface area contributed by atoms with Crippen LogP contribution in [0.2, 0.25) is 5.02 Å². The first-order valence-electron chi connectivity index (χ1n) is 15.8. The van der Waals surface area contributed by atoms with Crippen LogP contribution in [-0.2, 0) is 11.3 Å². The minimum Gasteiger partial charge on any atom is -0.489 e. The van der Waals surface area contributed by atoms with Crippen molar-refractivity contribution in [3.05, 3.63) is 88.6 Å². The van der Waals surface area contributed by atoms with E-state index in [2.05, 4.69) is 78.1 Å². The van der Waals surface area contributed by atoms with Crippen molar-refractivity contribution in [2.45, 2.75) is 71.4 Å². The van der Waals surface area contributed by atoms with Gasteiger partial charge < -0.3 is 19.7 Å². The molecule has 3 aromatic rings. The van der Waals surface area contributed by atoms with Gasteiger partial charge in [0.05, 0.1) is 28.9 Å². The second kappa shape index (κ2) is 12.6. The predicted octanol–water partition coefficient (Wildman–Crippen LogP) is 6.09. The van der Waals surface area contributed by atoms with E-state index < -0.39 is 0 Å². The van der Waals surface area contributed by atoms with E-state index in [1.807, 2.05) is 18.2 Å². The Labute approximate surface area is 271 Å². The van der Waals surface area contributed by atoms with Gasteiger partial charge in [0.2, 0.25) is 0 Å². The largest absolute Gasteiger partial charge is 0.489 e. The van der Waals surface area contributed by atoms with E-state index in [9.17, 15) is 4.79 Å². The van der Waals surface area contributed by atoms with Crippen molar-refractivity contribution in [2.75, 3.05) is 31.1 Å². The Morgan fingerprint density at radius 3 is 2.36 bits per heavy atom. The van der Waals surface area contributed by atoms with E-state index in [0.717, 1.165) is 44.8 Å². The van der Waals surface area contributed by atoms with Gasteiger partial charge in [-0.1, -0.05) is 69.6 Å². The summed E-state index contributed by atoms with van der Waals surface area (Å²) >= 11 is 6.23. The van der Waals surface area contributed by atoms with Crippen LogP contribution in [0.1, 0.15) is 62.0 Å². The predicted molar refractivity (Wildman–Crippen MR) is 175 cm³/mol. The van der Waals surface area contributed by atoms with Crippen molar-refractivity contribution in [3.8, 4) is 11.8 Å². The number of hydrogen-bond donors (Lipinski definition) is 1. The summed E-state index contributed by atoms with van der Waals surface area (Å²) in [6, 6.07) is 21.9. The Kier molecular flexibility index (Phi) is 8.80. The molecule has 8 nitrogen and oxygen atoms in total. The maximum absolute atomic E-state index is 13.3. The highest BCUT2D eigenvalue weighted by atomic mass is 35.5. The molecule has 2 aliphatic carbocycles. The number of piperazine rings is 1. The fourth-order valence-corrected chi connectivity index (χ4v) is 7.81. The van der Waals surface area contributed by atoms with Gasteiger partial charge in [-0.25, -0.2) is 4.98 Å². The summed E-state index contributed by atoms with van der Waals surface area (Å²) in [7, 11) is 0. The fourth-order valence-electron chi connectivity index (χ4n) is 7.59. The molecule has 2 aromatic carbocycles. The SMILES string of the molecule is CC1(C)C(NC(=O)c2ccc(N3CCN(C4CC(OCc5ccccc5)C4)CC3)nc2)C(C)(C)C1Oc1ccc(C#N)c(Cl)c1. The summed E-state index contributed by atoms with van der Waals surface area (Å²) < 4.78 is 12.5. The second-order valence-corrected chi connectivity index (χ2v) is 14.2. The van der Waals surface area contributed by atoms with Gasteiger partial charge in [0.25, 0.3) is 5.91 Å². The third-order valence-corrected chi connectivity index (χ3v) is 10.3. The Balaban J connectivity index is 0.971. The van der Waals surface area contributed by atoms with Gasteiger partial charge in [-0.05, 0) is 42.7 Å². The molecule has 3 fully saturated rings. The van der Waals surface area contributed by atoms with Crippen molar-refractivity contribution >= 4 is 23.3 Å². The molecular formula is C36H42ClN5O3. The standard InChI is InChI=1S/C36H42ClN5O3/c1-35(2)33(36(3,4)34(35)45-28-12-10-25(21-38)30(37)20-28)40-32(43)26-11-13-31(39-22-26)42-16-14-41(15-17-42)27-18-29(19-27)44-23-24-8-6-5-7-9-24/h5-13,20,22,27,29,33-34H,14-19,23H2,1-4H3,(H,40,43). The lowest BCUT2D eigenvalue weighted by atomic mass is 9.49. The molecule has 1 aromatic heterocycles. The normalized spacial score (nSPS) is 25.4. The Morgan fingerprint density at radius 1 is 1.02 bits per heavy atom. The molecule has 9 heteroatoms. The van der Waals surface area contributed by atoms with E-state index in [1.165, 1.54) is 5.56 Å². The number of nitriles is 1. The number of nitrogens with zero attached hydrogens (tertiary/aromatic N) is 4. The number of pyridine rings is 1. The summed E-state index contributed by atoms with van der Waals surface area (Å²) in [4.78, 5) is 22.9. The number of carbonyl (C=O) groups excluding carboxylic acids is 1. The maximum atomic E-state index is 13.3.